The molecule has 0 N–H and O–H groups in total. The Labute approximate surface area is 229 Å². The van der Waals surface area contributed by atoms with Crippen LogP contribution in [0.25, 0.3) is 0 Å². The first-order valence-electron chi connectivity index (χ1n) is 13.6. The summed E-state index contributed by atoms with van der Waals surface area (Å²) in [4.78, 5) is 0.363. The lowest BCUT2D eigenvalue weighted by Gasteiger charge is -2.44. The smallest absolute Gasteiger partial charge is 0.261 e. The number of sulfonamides is 1. The van der Waals surface area contributed by atoms with E-state index >= 15 is 0 Å². The minimum absolute atomic E-state index is 0.0444. The van der Waals surface area contributed by atoms with Crippen LogP contribution in [-0.4, -0.2) is 40.2 Å². The van der Waals surface area contributed by atoms with E-state index in [1.54, 1.807) is 16.4 Å². The van der Waals surface area contributed by atoms with Crippen molar-refractivity contribution in [3.63, 3.8) is 0 Å². The van der Waals surface area contributed by atoms with Crippen molar-refractivity contribution >= 4 is 28.7 Å². The fraction of sp³-hybridized carbons (Fsp3) is 0.375. The Balaban J connectivity index is 1.55. The highest BCUT2D eigenvalue weighted by Gasteiger charge is 2.53. The number of aryl methyl sites for hydroxylation is 1. The van der Waals surface area contributed by atoms with Gasteiger partial charge in [-0.05, 0) is 59.1 Å². The molecule has 6 heteroatoms. The zero-order valence-corrected chi connectivity index (χ0v) is 24.7. The van der Waals surface area contributed by atoms with Crippen LogP contribution in [0.3, 0.4) is 0 Å². The minimum Gasteiger partial charge on any atom is -0.406 e. The Morgan fingerprint density at radius 1 is 0.868 bits per heavy atom. The summed E-state index contributed by atoms with van der Waals surface area (Å²) in [5, 5.41) is 2.26. The van der Waals surface area contributed by atoms with Crippen LogP contribution in [-0.2, 0) is 14.4 Å². The largest absolute Gasteiger partial charge is 0.406 e. The predicted molar refractivity (Wildman–Crippen MR) is 158 cm³/mol. The second-order valence-corrected chi connectivity index (χ2v) is 18.3. The maximum absolute atomic E-state index is 14.0. The van der Waals surface area contributed by atoms with Crippen molar-refractivity contribution in [2.75, 3.05) is 13.2 Å². The van der Waals surface area contributed by atoms with E-state index in [9.17, 15) is 8.42 Å². The van der Waals surface area contributed by atoms with Gasteiger partial charge in [0.15, 0.2) is 0 Å². The molecular weight excluding hydrogens is 507 g/mol. The predicted octanol–water partition coefficient (Wildman–Crippen LogP) is 5.67. The first kappa shape index (κ1) is 27.1. The van der Waals surface area contributed by atoms with E-state index in [1.807, 2.05) is 31.2 Å². The zero-order valence-electron chi connectivity index (χ0n) is 22.9. The topological polar surface area (TPSA) is 46.6 Å². The Morgan fingerprint density at radius 3 is 1.89 bits per heavy atom. The van der Waals surface area contributed by atoms with E-state index in [0.29, 0.717) is 18.0 Å². The molecule has 0 amide bonds. The third-order valence-electron chi connectivity index (χ3n) is 8.37. The third-order valence-corrected chi connectivity index (χ3v) is 15.3. The fourth-order valence-electron chi connectivity index (χ4n) is 6.42. The molecule has 2 aliphatic rings. The molecule has 0 aromatic heterocycles. The lowest BCUT2D eigenvalue weighted by Crippen LogP contribution is -2.67. The summed E-state index contributed by atoms with van der Waals surface area (Å²) in [7, 11) is -6.44. The van der Waals surface area contributed by atoms with Gasteiger partial charge < -0.3 is 4.43 Å². The number of nitrogens with zero attached hydrogens (tertiary/aromatic N) is 1. The highest BCUT2D eigenvalue weighted by molar-refractivity contribution is 7.89. The van der Waals surface area contributed by atoms with E-state index in [4.69, 9.17) is 4.43 Å². The molecular formula is C32H39NO3SSi. The average molecular weight is 546 g/mol. The van der Waals surface area contributed by atoms with Crippen LogP contribution in [0, 0.1) is 12.3 Å². The molecule has 0 unspecified atom stereocenters. The van der Waals surface area contributed by atoms with Crippen LogP contribution in [0.2, 0.25) is 5.04 Å². The average Bonchev–Trinajstić information content (AvgIpc) is 3.52. The number of allylic oxidation sites excluding steroid dienone is 2. The van der Waals surface area contributed by atoms with E-state index in [1.165, 1.54) is 10.4 Å². The number of rotatable bonds is 7. The molecule has 1 aliphatic carbocycles. The normalized spacial score (nSPS) is 19.8. The van der Waals surface area contributed by atoms with Crippen LogP contribution in [0.15, 0.2) is 102 Å². The molecule has 1 heterocycles. The van der Waals surface area contributed by atoms with Crippen molar-refractivity contribution in [1.82, 2.24) is 4.31 Å². The summed E-state index contributed by atoms with van der Waals surface area (Å²) in [6, 6.07) is 28.2. The molecule has 4 nitrogen and oxygen atoms in total. The molecule has 1 saturated heterocycles. The van der Waals surface area contributed by atoms with Gasteiger partial charge >= 0.3 is 0 Å². The molecule has 5 rings (SSSR count). The third kappa shape index (κ3) is 4.84. The molecule has 0 bridgehead atoms. The minimum atomic E-state index is -3.66. The second kappa shape index (κ2) is 10.2. The number of hydrogen-bond donors (Lipinski definition) is 0. The summed E-state index contributed by atoms with van der Waals surface area (Å²) < 4.78 is 37.0. The maximum atomic E-state index is 14.0. The summed E-state index contributed by atoms with van der Waals surface area (Å²) in [6.45, 7) is 9.67. The SMILES string of the molecule is Cc1ccc(S(=O)(=O)N2CC3(CC=CC3)C[C@H]2CO[Si](c2ccccc2)(c2ccccc2)C(C)(C)C)cc1. The van der Waals surface area contributed by atoms with Crippen LogP contribution in [0.4, 0.5) is 0 Å². The van der Waals surface area contributed by atoms with Crippen LogP contribution < -0.4 is 10.4 Å². The second-order valence-electron chi connectivity index (χ2n) is 12.1. The van der Waals surface area contributed by atoms with Crippen LogP contribution in [0.1, 0.15) is 45.6 Å². The molecule has 1 atom stereocenters. The summed E-state index contributed by atoms with van der Waals surface area (Å²) in [5.41, 5.74) is 1.01. The zero-order chi connectivity index (χ0) is 27.0. The number of hydrogen-bond acceptors (Lipinski definition) is 3. The van der Waals surface area contributed by atoms with Crippen molar-refractivity contribution in [2.45, 2.75) is 62.9 Å². The van der Waals surface area contributed by atoms with E-state index in [2.05, 4.69) is 81.5 Å². The number of benzene rings is 3. The summed E-state index contributed by atoms with van der Waals surface area (Å²) in [5.74, 6) is 0. The van der Waals surface area contributed by atoms with E-state index in [0.717, 1.165) is 24.8 Å². The van der Waals surface area contributed by atoms with Gasteiger partial charge in [-0.2, -0.15) is 4.31 Å². The molecule has 0 saturated carbocycles. The van der Waals surface area contributed by atoms with Crippen LogP contribution in [0.5, 0.6) is 0 Å². The van der Waals surface area contributed by atoms with E-state index in [-0.39, 0.29) is 16.5 Å². The van der Waals surface area contributed by atoms with Gasteiger partial charge in [0.25, 0.3) is 8.32 Å². The molecule has 200 valence electrons. The van der Waals surface area contributed by atoms with Crippen molar-refractivity contribution in [2.24, 2.45) is 5.41 Å². The van der Waals surface area contributed by atoms with Crippen molar-refractivity contribution in [1.29, 1.82) is 0 Å². The lowest BCUT2D eigenvalue weighted by molar-refractivity contribution is 0.220. The monoisotopic (exact) mass is 545 g/mol. The fourth-order valence-corrected chi connectivity index (χ4v) is 12.7. The van der Waals surface area contributed by atoms with Gasteiger partial charge in [-0.15, -0.1) is 0 Å². The standard InChI is InChI=1S/C32H39NO3SSi/c1-26-17-19-28(20-18-26)37(34,35)33-25-32(21-11-12-22-32)23-27(33)24-36-38(31(2,3)4,29-13-7-5-8-14-29)30-15-9-6-10-16-30/h5-20,27H,21-25H2,1-4H3/t27-/m0/s1. The highest BCUT2D eigenvalue weighted by Crippen LogP contribution is 2.47. The Morgan fingerprint density at radius 2 is 1.39 bits per heavy atom. The van der Waals surface area contributed by atoms with Crippen LogP contribution >= 0.6 is 0 Å². The van der Waals surface area contributed by atoms with E-state index < -0.39 is 18.3 Å². The quantitative estimate of drug-likeness (QED) is 0.284. The lowest BCUT2D eigenvalue weighted by atomic mass is 9.83. The molecule has 3 aromatic rings. The molecule has 1 fully saturated rings. The van der Waals surface area contributed by atoms with Gasteiger partial charge in [-0.3, -0.25) is 0 Å². The maximum Gasteiger partial charge on any atom is 0.261 e. The molecule has 1 spiro atoms. The summed E-state index contributed by atoms with van der Waals surface area (Å²) in [6.07, 6.45) is 7.07. The summed E-state index contributed by atoms with van der Waals surface area (Å²) >= 11 is 0. The first-order chi connectivity index (χ1) is 18.1. The Hall–Kier alpha value is -2.51. The van der Waals surface area contributed by atoms with Gasteiger partial charge in [0.2, 0.25) is 10.0 Å². The van der Waals surface area contributed by atoms with Gasteiger partial charge in [0.05, 0.1) is 11.5 Å². The highest BCUT2D eigenvalue weighted by atomic mass is 32.2. The van der Waals surface area contributed by atoms with Crippen molar-refractivity contribution < 1.29 is 12.8 Å². The van der Waals surface area contributed by atoms with Gasteiger partial charge in [0, 0.05) is 12.6 Å². The Kier molecular flexibility index (Phi) is 7.29. The van der Waals surface area contributed by atoms with Crippen molar-refractivity contribution in [3.8, 4) is 0 Å². The van der Waals surface area contributed by atoms with Gasteiger partial charge in [-0.1, -0.05) is 111 Å². The molecule has 3 aromatic carbocycles. The molecule has 0 radical (unpaired) electrons. The van der Waals surface area contributed by atoms with Gasteiger partial charge in [0.1, 0.15) is 0 Å². The first-order valence-corrected chi connectivity index (χ1v) is 16.9. The molecule has 38 heavy (non-hydrogen) atoms. The van der Waals surface area contributed by atoms with Gasteiger partial charge in [-0.25, -0.2) is 8.42 Å². The molecule has 1 aliphatic heterocycles. The van der Waals surface area contributed by atoms with Crippen molar-refractivity contribution in [3.05, 3.63) is 103 Å². The Bertz CT molecular complexity index is 1330.